The number of aromatic nitrogens is 1. The maximum atomic E-state index is 14.0. The molecule has 1 atom stereocenters. The maximum absolute atomic E-state index is 14.0. The number of carbonyl (C=O) groups excluding carboxylic acids is 1. The SMILES string of the molecule is COc1ccc(NC(=O)N2Cc3c(sc4c3CCN(C)C4)-n3cccc3C2c2ccc(Cl)cc2)cc1. The molecule has 1 unspecified atom stereocenters. The molecule has 0 radical (unpaired) electrons. The first-order chi connectivity index (χ1) is 17.5. The van der Waals surface area contributed by atoms with Crippen molar-refractivity contribution in [1.29, 1.82) is 0 Å². The summed E-state index contributed by atoms with van der Waals surface area (Å²) in [5, 5.41) is 5.02. The summed E-state index contributed by atoms with van der Waals surface area (Å²) in [6.07, 6.45) is 3.11. The lowest BCUT2D eigenvalue weighted by Gasteiger charge is -2.32. The predicted molar refractivity (Wildman–Crippen MR) is 145 cm³/mol. The first-order valence-corrected chi connectivity index (χ1v) is 13.2. The Morgan fingerprint density at radius 3 is 2.58 bits per heavy atom. The predicted octanol–water partition coefficient (Wildman–Crippen LogP) is 6.33. The lowest BCUT2D eigenvalue weighted by atomic mass is 10.0. The van der Waals surface area contributed by atoms with Gasteiger partial charge in [-0.25, -0.2) is 4.79 Å². The van der Waals surface area contributed by atoms with Crippen LogP contribution in [0.3, 0.4) is 0 Å². The summed E-state index contributed by atoms with van der Waals surface area (Å²) in [4.78, 5) is 19.7. The van der Waals surface area contributed by atoms with Crippen molar-refractivity contribution < 1.29 is 9.53 Å². The van der Waals surface area contributed by atoms with E-state index in [0.717, 1.165) is 42.2 Å². The molecule has 0 saturated carbocycles. The molecule has 36 heavy (non-hydrogen) atoms. The largest absolute Gasteiger partial charge is 0.497 e. The van der Waals surface area contributed by atoms with Gasteiger partial charge in [0.25, 0.3) is 0 Å². The Balaban J connectivity index is 1.46. The number of fused-ring (bicyclic) bond motifs is 5. The number of urea groups is 1. The number of nitrogens with one attached hydrogen (secondary N) is 1. The first kappa shape index (κ1) is 23.2. The molecule has 2 aromatic heterocycles. The van der Waals surface area contributed by atoms with E-state index in [0.29, 0.717) is 11.6 Å². The third kappa shape index (κ3) is 4.07. The Hall–Kier alpha value is -3.26. The minimum absolute atomic E-state index is 0.145. The van der Waals surface area contributed by atoms with Gasteiger partial charge in [-0.05, 0) is 73.1 Å². The Kier molecular flexibility index (Phi) is 5.99. The summed E-state index contributed by atoms with van der Waals surface area (Å²) in [7, 11) is 3.80. The van der Waals surface area contributed by atoms with Crippen molar-refractivity contribution in [2.24, 2.45) is 0 Å². The van der Waals surface area contributed by atoms with Crippen molar-refractivity contribution in [3.63, 3.8) is 0 Å². The molecule has 2 aliphatic rings. The number of nitrogens with zero attached hydrogens (tertiary/aromatic N) is 3. The molecule has 4 aromatic rings. The van der Waals surface area contributed by atoms with Crippen LogP contribution < -0.4 is 10.1 Å². The van der Waals surface area contributed by atoms with E-state index < -0.39 is 0 Å². The number of likely N-dealkylation sites (N-methyl/N-ethyl adjacent to an activating group) is 1. The first-order valence-electron chi connectivity index (χ1n) is 12.0. The van der Waals surface area contributed by atoms with Gasteiger partial charge in [-0.1, -0.05) is 23.7 Å². The van der Waals surface area contributed by atoms with Crippen molar-refractivity contribution in [2.75, 3.05) is 26.0 Å². The number of benzene rings is 2. The molecule has 6 rings (SSSR count). The average Bonchev–Trinajstić information content (AvgIpc) is 3.46. The second-order valence-electron chi connectivity index (χ2n) is 9.32. The number of amides is 2. The molecule has 0 saturated heterocycles. The van der Waals surface area contributed by atoms with Gasteiger partial charge >= 0.3 is 6.03 Å². The number of thiophene rings is 1. The van der Waals surface area contributed by atoms with Crippen LogP contribution in [0.15, 0.2) is 66.9 Å². The fourth-order valence-corrected chi connectivity index (χ4v) is 6.79. The Morgan fingerprint density at radius 2 is 1.83 bits per heavy atom. The Morgan fingerprint density at radius 1 is 1.06 bits per heavy atom. The number of halogens is 1. The molecule has 6 nitrogen and oxygen atoms in total. The van der Waals surface area contributed by atoms with Crippen LogP contribution in [0.25, 0.3) is 5.00 Å². The number of hydrogen-bond acceptors (Lipinski definition) is 4. The van der Waals surface area contributed by atoms with Crippen LogP contribution in [0.1, 0.15) is 33.3 Å². The minimum atomic E-state index is -0.267. The van der Waals surface area contributed by atoms with Crippen LogP contribution in [0.4, 0.5) is 10.5 Å². The van der Waals surface area contributed by atoms with E-state index in [1.165, 1.54) is 21.0 Å². The normalized spacial score (nSPS) is 17.1. The van der Waals surface area contributed by atoms with E-state index in [2.05, 4.69) is 40.2 Å². The fourth-order valence-electron chi connectivity index (χ4n) is 5.22. The molecule has 0 fully saturated rings. The van der Waals surface area contributed by atoms with E-state index in [4.69, 9.17) is 16.3 Å². The van der Waals surface area contributed by atoms with Crippen molar-refractivity contribution in [3.8, 4) is 10.8 Å². The second-order valence-corrected chi connectivity index (χ2v) is 10.8. The van der Waals surface area contributed by atoms with Gasteiger partial charge in [-0.2, -0.15) is 0 Å². The van der Waals surface area contributed by atoms with Crippen LogP contribution in [-0.4, -0.2) is 41.1 Å². The van der Waals surface area contributed by atoms with Gasteiger partial charge in [0.1, 0.15) is 10.8 Å². The van der Waals surface area contributed by atoms with Crippen LogP contribution in [0, 0.1) is 0 Å². The zero-order chi connectivity index (χ0) is 24.8. The molecule has 2 aromatic carbocycles. The summed E-state index contributed by atoms with van der Waals surface area (Å²) < 4.78 is 7.55. The molecular formula is C28H27ClN4O2S. The standard InChI is InChI=1S/C28H27ClN4O2S/c1-31-15-13-22-23-16-33(28(34)30-20-9-11-21(35-2)12-10-20)26(18-5-7-19(29)8-6-18)24-4-3-14-32(24)27(23)36-25(22)17-31/h3-12,14,26H,13,15-17H2,1-2H3,(H,30,34). The van der Waals surface area contributed by atoms with Gasteiger partial charge in [0.05, 0.1) is 25.4 Å². The maximum Gasteiger partial charge on any atom is 0.322 e. The fraction of sp³-hybridized carbons (Fsp3) is 0.250. The highest BCUT2D eigenvalue weighted by Crippen LogP contribution is 2.43. The number of anilines is 1. The smallest absolute Gasteiger partial charge is 0.322 e. The Labute approximate surface area is 219 Å². The molecule has 0 spiro atoms. The van der Waals surface area contributed by atoms with Gasteiger partial charge in [0, 0.05) is 40.4 Å². The number of methoxy groups -OCH3 is 1. The van der Waals surface area contributed by atoms with E-state index in [1.807, 2.05) is 64.8 Å². The van der Waals surface area contributed by atoms with E-state index >= 15 is 0 Å². The van der Waals surface area contributed by atoms with Crippen LogP contribution in [0.2, 0.25) is 5.02 Å². The van der Waals surface area contributed by atoms with Crippen molar-refractivity contribution in [2.45, 2.75) is 25.6 Å². The van der Waals surface area contributed by atoms with Gasteiger partial charge in [0.2, 0.25) is 0 Å². The van der Waals surface area contributed by atoms with Crippen molar-refractivity contribution >= 4 is 34.7 Å². The number of rotatable bonds is 3. The van der Waals surface area contributed by atoms with Crippen LogP contribution >= 0.6 is 22.9 Å². The van der Waals surface area contributed by atoms with Gasteiger partial charge < -0.3 is 24.4 Å². The molecular weight excluding hydrogens is 492 g/mol. The summed E-state index contributed by atoms with van der Waals surface area (Å²) in [5.41, 5.74) is 5.46. The Bertz CT molecular complexity index is 1410. The molecule has 0 bridgehead atoms. The van der Waals surface area contributed by atoms with E-state index in [-0.39, 0.29) is 12.1 Å². The van der Waals surface area contributed by atoms with Gasteiger partial charge in [-0.3, -0.25) is 0 Å². The number of carbonyl (C=O) groups is 1. The quantitative estimate of drug-likeness (QED) is 0.345. The second kappa shape index (κ2) is 9.32. The lowest BCUT2D eigenvalue weighted by Crippen LogP contribution is -2.38. The third-order valence-electron chi connectivity index (χ3n) is 7.04. The molecule has 2 amide bonds. The lowest BCUT2D eigenvalue weighted by molar-refractivity contribution is 0.194. The highest BCUT2D eigenvalue weighted by atomic mass is 35.5. The highest BCUT2D eigenvalue weighted by molar-refractivity contribution is 7.15. The van der Waals surface area contributed by atoms with Crippen LogP contribution in [0.5, 0.6) is 5.75 Å². The monoisotopic (exact) mass is 518 g/mol. The summed E-state index contributed by atoms with van der Waals surface area (Å²) >= 11 is 8.08. The van der Waals surface area contributed by atoms with E-state index in [9.17, 15) is 4.79 Å². The van der Waals surface area contributed by atoms with Crippen molar-refractivity contribution in [3.05, 3.63) is 99.1 Å². The average molecular weight is 519 g/mol. The van der Waals surface area contributed by atoms with Gasteiger partial charge in [0.15, 0.2) is 0 Å². The summed E-state index contributed by atoms with van der Waals surface area (Å²) in [6.45, 7) is 2.50. The molecule has 184 valence electrons. The third-order valence-corrected chi connectivity index (χ3v) is 8.55. The zero-order valence-electron chi connectivity index (χ0n) is 20.2. The zero-order valence-corrected chi connectivity index (χ0v) is 21.8. The number of hydrogen-bond donors (Lipinski definition) is 1. The summed E-state index contributed by atoms with van der Waals surface area (Å²) in [5.74, 6) is 0.749. The molecule has 2 aliphatic heterocycles. The van der Waals surface area contributed by atoms with Crippen LogP contribution in [-0.2, 0) is 19.5 Å². The summed E-state index contributed by atoms with van der Waals surface area (Å²) in [6, 6.07) is 19.0. The molecule has 8 heteroatoms. The topological polar surface area (TPSA) is 49.7 Å². The molecule has 1 N–H and O–H groups in total. The van der Waals surface area contributed by atoms with E-state index in [1.54, 1.807) is 7.11 Å². The van der Waals surface area contributed by atoms with Crippen molar-refractivity contribution in [1.82, 2.24) is 14.4 Å². The number of ether oxygens (including phenoxy) is 1. The highest BCUT2D eigenvalue weighted by Gasteiger charge is 2.36. The van der Waals surface area contributed by atoms with Gasteiger partial charge in [-0.15, -0.1) is 11.3 Å². The molecule has 4 heterocycles. The molecule has 0 aliphatic carbocycles. The minimum Gasteiger partial charge on any atom is -0.497 e.